The average molecular weight is 570 g/mol. The van der Waals surface area contributed by atoms with Gasteiger partial charge in [0.25, 0.3) is 0 Å². The molecule has 0 N–H and O–H groups in total. The van der Waals surface area contributed by atoms with Gasteiger partial charge in [0, 0.05) is 36.1 Å². The number of ether oxygens (including phenoxy) is 2. The zero-order valence-corrected chi connectivity index (χ0v) is 23.0. The molecular formula is C28H25Cl2N3O4S. The van der Waals surface area contributed by atoms with E-state index >= 15 is 0 Å². The summed E-state index contributed by atoms with van der Waals surface area (Å²) in [5.74, 6) is 2.00. The van der Waals surface area contributed by atoms with Crippen LogP contribution in [0.15, 0.2) is 40.9 Å². The van der Waals surface area contributed by atoms with Crippen molar-refractivity contribution in [3.8, 4) is 11.3 Å². The number of hydrogen-bond acceptors (Lipinski definition) is 8. The van der Waals surface area contributed by atoms with E-state index in [0.29, 0.717) is 51.2 Å². The molecule has 1 aliphatic heterocycles. The fourth-order valence-corrected chi connectivity index (χ4v) is 7.32. The number of nitrogens with zero attached hydrogens (tertiary/aromatic N) is 3. The van der Waals surface area contributed by atoms with Gasteiger partial charge in [-0.3, -0.25) is 0 Å². The summed E-state index contributed by atoms with van der Waals surface area (Å²) in [6.07, 6.45) is 3.39. The Labute approximate surface area is 233 Å². The minimum Gasteiger partial charge on any atom is -0.465 e. The maximum atomic E-state index is 11.9. The van der Waals surface area contributed by atoms with Crippen molar-refractivity contribution in [2.75, 3.05) is 25.1 Å². The van der Waals surface area contributed by atoms with Gasteiger partial charge in [-0.05, 0) is 55.5 Å². The minimum atomic E-state index is -0.335. The summed E-state index contributed by atoms with van der Waals surface area (Å²) in [6.45, 7) is 2.30. The molecule has 7 nitrogen and oxygen atoms in total. The highest BCUT2D eigenvalue weighted by atomic mass is 35.5. The van der Waals surface area contributed by atoms with E-state index in [1.165, 1.54) is 7.11 Å². The van der Waals surface area contributed by atoms with E-state index in [9.17, 15) is 4.79 Å². The van der Waals surface area contributed by atoms with Gasteiger partial charge in [0.1, 0.15) is 11.5 Å². The van der Waals surface area contributed by atoms with Crippen molar-refractivity contribution in [2.45, 2.75) is 37.9 Å². The number of esters is 1. The summed E-state index contributed by atoms with van der Waals surface area (Å²) in [7, 11) is 1.39. The predicted molar refractivity (Wildman–Crippen MR) is 147 cm³/mol. The molecule has 2 aliphatic carbocycles. The summed E-state index contributed by atoms with van der Waals surface area (Å²) < 4.78 is 18.2. The van der Waals surface area contributed by atoms with Gasteiger partial charge in [0.15, 0.2) is 5.13 Å². The van der Waals surface area contributed by atoms with Crippen LogP contribution in [0.25, 0.3) is 21.5 Å². The molecule has 3 atom stereocenters. The lowest BCUT2D eigenvalue weighted by atomic mass is 9.73. The third-order valence-electron chi connectivity index (χ3n) is 7.98. The molecule has 3 heterocycles. The molecule has 1 saturated heterocycles. The Morgan fingerprint density at radius 3 is 2.76 bits per heavy atom. The zero-order valence-electron chi connectivity index (χ0n) is 20.7. The first-order chi connectivity index (χ1) is 18.5. The number of carbonyl (C=O) groups excluding carboxylic acids is 1. The van der Waals surface area contributed by atoms with Gasteiger partial charge in [-0.2, -0.15) is 0 Å². The monoisotopic (exact) mass is 569 g/mol. The van der Waals surface area contributed by atoms with Crippen LogP contribution in [-0.2, 0) is 16.1 Å². The molecule has 2 saturated carbocycles. The maximum Gasteiger partial charge on any atom is 0.337 e. The van der Waals surface area contributed by atoms with Crippen molar-refractivity contribution in [2.24, 2.45) is 11.8 Å². The number of fused-ring (bicyclic) bond motifs is 2. The van der Waals surface area contributed by atoms with Crippen molar-refractivity contribution in [3.05, 3.63) is 63.3 Å². The van der Waals surface area contributed by atoms with Gasteiger partial charge < -0.3 is 18.9 Å². The van der Waals surface area contributed by atoms with E-state index in [1.807, 2.05) is 30.3 Å². The Balaban J connectivity index is 1.06. The molecule has 0 bridgehead atoms. The number of halogens is 2. The summed E-state index contributed by atoms with van der Waals surface area (Å²) in [5.41, 5.74) is 3.80. The molecule has 3 fully saturated rings. The van der Waals surface area contributed by atoms with E-state index < -0.39 is 0 Å². The number of thiazole rings is 1. The molecule has 0 unspecified atom stereocenters. The number of rotatable bonds is 7. The largest absolute Gasteiger partial charge is 0.465 e. The first-order valence-electron chi connectivity index (χ1n) is 12.8. The van der Waals surface area contributed by atoms with Crippen LogP contribution < -0.4 is 4.90 Å². The van der Waals surface area contributed by atoms with Crippen LogP contribution in [0.3, 0.4) is 0 Å². The van der Waals surface area contributed by atoms with Gasteiger partial charge >= 0.3 is 5.97 Å². The maximum absolute atomic E-state index is 11.9. The topological polar surface area (TPSA) is 77.7 Å². The number of benzene rings is 2. The zero-order chi connectivity index (χ0) is 26.0. The highest BCUT2D eigenvalue weighted by molar-refractivity contribution is 7.22. The van der Waals surface area contributed by atoms with Gasteiger partial charge in [0.2, 0.25) is 0 Å². The number of carbonyl (C=O) groups is 1. The smallest absolute Gasteiger partial charge is 0.337 e. The molecule has 2 aromatic heterocycles. The second-order valence-electron chi connectivity index (χ2n) is 10.3. The van der Waals surface area contributed by atoms with Crippen LogP contribution in [0.4, 0.5) is 5.13 Å². The Morgan fingerprint density at radius 1 is 1.18 bits per heavy atom. The van der Waals surface area contributed by atoms with Crippen molar-refractivity contribution >= 4 is 55.9 Å². The van der Waals surface area contributed by atoms with Gasteiger partial charge in [-0.15, -0.1) is 0 Å². The minimum absolute atomic E-state index is 0.168. The molecule has 0 radical (unpaired) electrons. The molecule has 0 amide bonds. The van der Waals surface area contributed by atoms with E-state index in [0.717, 1.165) is 59.0 Å². The number of anilines is 1. The van der Waals surface area contributed by atoms with Gasteiger partial charge in [-0.1, -0.05) is 45.8 Å². The van der Waals surface area contributed by atoms with Crippen LogP contribution in [-0.4, -0.2) is 42.4 Å². The van der Waals surface area contributed by atoms with Crippen LogP contribution >= 0.6 is 34.5 Å². The normalized spacial score (nSPS) is 22.5. The van der Waals surface area contributed by atoms with E-state index in [4.69, 9.17) is 42.2 Å². The summed E-state index contributed by atoms with van der Waals surface area (Å²) in [5, 5.41) is 6.48. The molecule has 2 aromatic carbocycles. The Morgan fingerprint density at radius 2 is 2.00 bits per heavy atom. The molecule has 196 valence electrons. The van der Waals surface area contributed by atoms with E-state index in [2.05, 4.69) is 10.1 Å². The SMILES string of the molecule is COC(=O)c1ccc2nc(N3C[C@@H]4C[C@H](OCc5c(-c6c(Cl)cccc6Cl)noc5C5CC5)[C@@H]4C3)sc2c1. The number of methoxy groups -OCH3 is 1. The van der Waals surface area contributed by atoms with Crippen molar-refractivity contribution in [1.29, 1.82) is 0 Å². The summed E-state index contributed by atoms with van der Waals surface area (Å²) in [4.78, 5) is 19.1. The fourth-order valence-electron chi connectivity index (χ4n) is 5.72. The third-order valence-corrected chi connectivity index (χ3v) is 9.69. The second kappa shape index (κ2) is 9.52. The molecule has 4 aromatic rings. The number of aromatic nitrogens is 2. The quantitative estimate of drug-likeness (QED) is 0.222. The lowest BCUT2D eigenvalue weighted by Gasteiger charge is -2.38. The predicted octanol–water partition coefficient (Wildman–Crippen LogP) is 6.96. The molecule has 7 rings (SSSR count). The van der Waals surface area contributed by atoms with Crippen LogP contribution in [0.5, 0.6) is 0 Å². The summed E-state index contributed by atoms with van der Waals surface area (Å²) in [6, 6.07) is 11.0. The Kier molecular flexibility index (Phi) is 6.11. The Bertz CT molecular complexity index is 1530. The molecular weight excluding hydrogens is 545 g/mol. The van der Waals surface area contributed by atoms with E-state index in [-0.39, 0.29) is 12.1 Å². The van der Waals surface area contributed by atoms with Gasteiger partial charge in [0.05, 0.1) is 45.6 Å². The lowest BCUT2D eigenvalue weighted by molar-refractivity contribution is -0.0747. The number of hydrogen-bond donors (Lipinski definition) is 0. The standard InChI is InChI=1S/C28H25Cl2N3O4S/c1-35-27(34)15-7-8-21-23(10-15)38-28(31-21)33-11-16-9-22(17(16)12-33)36-13-18-25(32-37-26(18)14-5-6-14)24-19(29)3-2-4-20(24)30/h2-4,7-8,10,14,16-17,22H,5-6,9,11-13H2,1H3/t16-,17+,22-/m0/s1. The van der Waals surface area contributed by atoms with Crippen LogP contribution in [0.2, 0.25) is 10.0 Å². The van der Waals surface area contributed by atoms with Crippen LogP contribution in [0.1, 0.15) is 46.9 Å². The Hall–Kier alpha value is -2.65. The third kappa shape index (κ3) is 4.18. The van der Waals surface area contributed by atoms with E-state index in [1.54, 1.807) is 17.4 Å². The van der Waals surface area contributed by atoms with Crippen LogP contribution in [0, 0.1) is 11.8 Å². The first kappa shape index (κ1) is 24.4. The van der Waals surface area contributed by atoms with Gasteiger partial charge in [-0.25, -0.2) is 9.78 Å². The highest BCUT2D eigenvalue weighted by Crippen LogP contribution is 2.48. The van der Waals surface area contributed by atoms with Crippen molar-refractivity contribution in [3.63, 3.8) is 0 Å². The molecule has 10 heteroatoms. The summed E-state index contributed by atoms with van der Waals surface area (Å²) >= 11 is 14.6. The first-order valence-corrected chi connectivity index (χ1v) is 14.4. The molecule has 0 spiro atoms. The highest BCUT2D eigenvalue weighted by Gasteiger charge is 2.48. The lowest BCUT2D eigenvalue weighted by Crippen LogP contribution is -2.42. The van der Waals surface area contributed by atoms with Crippen molar-refractivity contribution in [1.82, 2.24) is 10.1 Å². The second-order valence-corrected chi connectivity index (χ2v) is 12.2. The average Bonchev–Trinajstić information content (AvgIpc) is 3.38. The molecule has 38 heavy (non-hydrogen) atoms. The molecule has 3 aliphatic rings. The fraction of sp³-hybridized carbons (Fsp3) is 0.393. The van der Waals surface area contributed by atoms with Crippen molar-refractivity contribution < 1.29 is 18.8 Å².